The summed E-state index contributed by atoms with van der Waals surface area (Å²) in [6.45, 7) is 7.50. The quantitative estimate of drug-likeness (QED) is 0.147. The maximum Gasteiger partial charge on any atom is 0.239 e. The van der Waals surface area contributed by atoms with Crippen LogP contribution >= 0.6 is 11.6 Å². The second-order valence-corrected chi connectivity index (χ2v) is 11.5. The molecule has 6 heterocycles. The number of pyridine rings is 2. The highest BCUT2D eigenvalue weighted by atomic mass is 35.5. The van der Waals surface area contributed by atoms with Gasteiger partial charge < -0.3 is 28.7 Å². The summed E-state index contributed by atoms with van der Waals surface area (Å²) in [5.74, 6) is 10.4. The molecule has 2 fully saturated rings. The summed E-state index contributed by atoms with van der Waals surface area (Å²) in [6.07, 6.45) is 11.0. The predicted molar refractivity (Wildman–Crippen MR) is 180 cm³/mol. The van der Waals surface area contributed by atoms with Crippen molar-refractivity contribution in [3.8, 4) is 23.3 Å². The number of rotatable bonds is 9. The largest absolute Gasteiger partial charge is 0.489 e. The number of nitrogens with two attached hydrogens (primary N) is 1. The lowest BCUT2D eigenvalue weighted by molar-refractivity contribution is 0.169. The molecule has 250 valence electrons. The van der Waals surface area contributed by atoms with Gasteiger partial charge in [-0.05, 0) is 37.6 Å². The Hall–Kier alpha value is -4.69. The first-order chi connectivity index (χ1) is 22.8. The molecule has 0 spiro atoms. The average Bonchev–Trinajstić information content (AvgIpc) is 3.11. The number of nitrogen functional groups attached to an aromatic ring is 1. The van der Waals surface area contributed by atoms with Gasteiger partial charge in [0.25, 0.3) is 0 Å². The first kappa shape index (κ1) is 33.7. The minimum absolute atomic E-state index is 0.172. The van der Waals surface area contributed by atoms with Crippen molar-refractivity contribution in [2.75, 3.05) is 55.6 Å². The number of piperidine rings is 2. The van der Waals surface area contributed by atoms with Gasteiger partial charge in [0.2, 0.25) is 23.0 Å². The molecule has 2 aliphatic rings. The van der Waals surface area contributed by atoms with Gasteiger partial charge in [0.15, 0.2) is 0 Å². The Morgan fingerprint density at radius 2 is 1.15 bits per heavy atom. The summed E-state index contributed by atoms with van der Waals surface area (Å²) in [5, 5.41) is 0.285. The third-order valence-electron chi connectivity index (χ3n) is 7.91. The minimum Gasteiger partial charge on any atom is -0.489 e. The molecule has 0 radical (unpaired) electrons. The topological polar surface area (TPSA) is 159 Å². The second-order valence-electron chi connectivity index (χ2n) is 11.2. The highest BCUT2D eigenvalue weighted by Gasteiger charge is 2.24. The summed E-state index contributed by atoms with van der Waals surface area (Å²) in [4.78, 5) is 29.7. The molecule has 2 saturated heterocycles. The number of nitrogens with one attached hydrogen (secondary N) is 1. The molecule has 2 aliphatic heterocycles. The number of hydrazine groups is 1. The molecule has 0 aromatic carbocycles. The zero-order valence-corrected chi connectivity index (χ0v) is 27.9. The van der Waals surface area contributed by atoms with Crippen LogP contribution in [0.15, 0.2) is 49.1 Å². The van der Waals surface area contributed by atoms with E-state index < -0.39 is 0 Å². The van der Waals surface area contributed by atoms with Gasteiger partial charge in [-0.15, -0.1) is 0 Å². The number of aromatic nitrogens is 6. The van der Waals surface area contributed by atoms with E-state index in [9.17, 15) is 0 Å². The number of aryl methyl sites for hydroxylation is 2. The molecule has 0 saturated carbocycles. The van der Waals surface area contributed by atoms with Gasteiger partial charge in [0.05, 0.1) is 26.6 Å². The highest BCUT2D eigenvalue weighted by molar-refractivity contribution is 6.28. The van der Waals surface area contributed by atoms with Crippen molar-refractivity contribution in [3.63, 3.8) is 0 Å². The fourth-order valence-corrected chi connectivity index (χ4v) is 5.55. The van der Waals surface area contributed by atoms with Crippen molar-refractivity contribution in [3.05, 3.63) is 65.5 Å². The van der Waals surface area contributed by atoms with Crippen LogP contribution in [-0.2, 0) is 0 Å². The second kappa shape index (κ2) is 16.2. The first-order valence-electron chi connectivity index (χ1n) is 15.5. The lowest BCUT2D eigenvalue weighted by Gasteiger charge is -2.33. The fourth-order valence-electron chi connectivity index (χ4n) is 5.43. The minimum atomic E-state index is 0.172. The maximum absolute atomic E-state index is 6.00. The third kappa shape index (κ3) is 9.20. The average molecular weight is 665 g/mol. The molecule has 0 bridgehead atoms. The van der Waals surface area contributed by atoms with E-state index in [2.05, 4.69) is 45.1 Å². The van der Waals surface area contributed by atoms with Gasteiger partial charge in [-0.25, -0.2) is 30.8 Å². The summed E-state index contributed by atoms with van der Waals surface area (Å²) in [6, 6.07) is 7.37. The van der Waals surface area contributed by atoms with Gasteiger partial charge in [-0.2, -0.15) is 4.98 Å². The zero-order valence-electron chi connectivity index (χ0n) is 27.1. The summed E-state index contributed by atoms with van der Waals surface area (Å²) < 4.78 is 22.1. The lowest BCUT2D eigenvalue weighted by atomic mass is 10.1. The van der Waals surface area contributed by atoms with Gasteiger partial charge in [0, 0.05) is 87.5 Å². The first-order valence-corrected chi connectivity index (χ1v) is 15.9. The number of methoxy groups -OCH3 is 2. The smallest absolute Gasteiger partial charge is 0.239 e. The van der Waals surface area contributed by atoms with Crippen molar-refractivity contribution in [1.82, 2.24) is 29.9 Å². The Morgan fingerprint density at radius 1 is 0.681 bits per heavy atom. The van der Waals surface area contributed by atoms with E-state index in [1.165, 1.54) is 0 Å². The van der Waals surface area contributed by atoms with Gasteiger partial charge >= 0.3 is 0 Å². The van der Waals surface area contributed by atoms with Crippen molar-refractivity contribution in [2.24, 2.45) is 5.84 Å². The maximum atomic E-state index is 6.00. The standard InChI is InChI=1S/C16H19ClN4O2.C16H22N6O2/c1-11-9-19-16(17)20-15(11)21-7-5-12(6-8-21)23-13-3-4-14(22-2)18-10-13;1-11-9-19-16(21-17)20-15(11)22-7-5-12(6-8-22)24-13-3-4-14(23-2)18-10-13/h3-4,9-10,12H,5-8H2,1-2H3;3-4,9-10,12H,5-8,17H2,1-2H3,(H,19,20,21). The fraction of sp³-hybridized carbons (Fsp3) is 0.438. The van der Waals surface area contributed by atoms with E-state index in [0.717, 1.165) is 86.1 Å². The normalized spacial score (nSPS) is 15.4. The molecule has 47 heavy (non-hydrogen) atoms. The van der Waals surface area contributed by atoms with Crippen LogP contribution in [0.25, 0.3) is 0 Å². The van der Waals surface area contributed by atoms with Gasteiger partial charge in [0.1, 0.15) is 35.3 Å². The van der Waals surface area contributed by atoms with Crippen LogP contribution in [-0.4, -0.2) is 82.5 Å². The summed E-state index contributed by atoms with van der Waals surface area (Å²) >= 11 is 5.91. The number of hydrogen-bond donors (Lipinski definition) is 2. The number of hydrogen-bond acceptors (Lipinski definition) is 14. The Kier molecular flexibility index (Phi) is 11.6. The van der Waals surface area contributed by atoms with Crippen molar-refractivity contribution in [1.29, 1.82) is 0 Å². The molecule has 0 atom stereocenters. The molecule has 15 heteroatoms. The third-order valence-corrected chi connectivity index (χ3v) is 8.10. The lowest BCUT2D eigenvalue weighted by Crippen LogP contribution is -2.39. The van der Waals surface area contributed by atoms with E-state index in [4.69, 9.17) is 36.4 Å². The van der Waals surface area contributed by atoms with E-state index in [1.54, 1.807) is 51.1 Å². The highest BCUT2D eigenvalue weighted by Crippen LogP contribution is 2.26. The van der Waals surface area contributed by atoms with Crippen molar-refractivity contribution >= 4 is 29.2 Å². The molecule has 4 aromatic heterocycles. The van der Waals surface area contributed by atoms with Crippen LogP contribution in [0.5, 0.6) is 23.3 Å². The van der Waals surface area contributed by atoms with Crippen LogP contribution in [0.3, 0.4) is 0 Å². The Labute approximate surface area is 279 Å². The van der Waals surface area contributed by atoms with Crippen LogP contribution in [0.4, 0.5) is 17.6 Å². The molecular formula is C32H41ClN10O4. The molecule has 6 rings (SSSR count). The van der Waals surface area contributed by atoms with Crippen LogP contribution in [0.1, 0.15) is 36.8 Å². The molecule has 0 aliphatic carbocycles. The van der Waals surface area contributed by atoms with E-state index >= 15 is 0 Å². The van der Waals surface area contributed by atoms with E-state index in [1.807, 2.05) is 26.0 Å². The number of anilines is 3. The molecule has 4 aromatic rings. The Balaban J connectivity index is 0.000000185. The molecule has 3 N–H and O–H groups in total. The van der Waals surface area contributed by atoms with Crippen molar-refractivity contribution < 1.29 is 18.9 Å². The van der Waals surface area contributed by atoms with Gasteiger partial charge in [-0.3, -0.25) is 5.43 Å². The molecule has 0 amide bonds. The summed E-state index contributed by atoms with van der Waals surface area (Å²) in [7, 11) is 3.19. The van der Waals surface area contributed by atoms with E-state index in [0.29, 0.717) is 17.7 Å². The molecule has 0 unspecified atom stereocenters. The zero-order chi connectivity index (χ0) is 33.2. The van der Waals surface area contributed by atoms with Gasteiger partial charge in [-0.1, -0.05) is 0 Å². The summed E-state index contributed by atoms with van der Waals surface area (Å²) in [5.41, 5.74) is 4.56. The number of halogens is 1. The van der Waals surface area contributed by atoms with Crippen LogP contribution < -0.4 is 40.0 Å². The predicted octanol–water partition coefficient (Wildman–Crippen LogP) is 4.41. The Morgan fingerprint density at radius 3 is 1.57 bits per heavy atom. The number of ether oxygens (including phenoxy) is 4. The SMILES string of the molecule is COc1ccc(OC2CCN(c3nc(Cl)ncc3C)CC2)cn1.COc1ccc(OC2CCN(c3nc(NN)ncc3C)CC2)cn1. The monoisotopic (exact) mass is 664 g/mol. The molecule has 14 nitrogen and oxygen atoms in total. The van der Waals surface area contributed by atoms with Crippen molar-refractivity contribution in [2.45, 2.75) is 51.7 Å². The van der Waals surface area contributed by atoms with E-state index in [-0.39, 0.29) is 17.5 Å². The number of nitrogens with zero attached hydrogens (tertiary/aromatic N) is 8. The van der Waals surface area contributed by atoms with Crippen LogP contribution in [0, 0.1) is 13.8 Å². The van der Waals surface area contributed by atoms with Crippen LogP contribution in [0.2, 0.25) is 5.28 Å². The molecular weight excluding hydrogens is 624 g/mol. The Bertz CT molecular complexity index is 1570.